The van der Waals surface area contributed by atoms with Crippen molar-refractivity contribution >= 4 is 22.4 Å². The van der Waals surface area contributed by atoms with Crippen molar-refractivity contribution in [2.75, 3.05) is 5.73 Å². The molecule has 100 valence electrons. The number of rotatable bonds is 2. The highest BCUT2D eigenvalue weighted by Crippen LogP contribution is 2.30. The number of nitrogens with zero attached hydrogens (tertiary/aromatic N) is 3. The van der Waals surface area contributed by atoms with Gasteiger partial charge in [0.05, 0.1) is 16.0 Å². The minimum atomic E-state index is -0.463. The number of benzene rings is 2. The predicted octanol–water partition coefficient (Wildman–Crippen LogP) is 2.73. The van der Waals surface area contributed by atoms with Crippen molar-refractivity contribution in [1.82, 2.24) is 9.55 Å². The van der Waals surface area contributed by atoms with Crippen LogP contribution in [0.1, 0.15) is 0 Å². The number of hydrogen-bond donors (Lipinski definition) is 1. The van der Waals surface area contributed by atoms with Crippen LogP contribution in [-0.4, -0.2) is 14.5 Å². The number of anilines is 1. The lowest BCUT2D eigenvalue weighted by Gasteiger charge is -2.05. The Morgan fingerprint density at radius 2 is 2.00 bits per heavy atom. The van der Waals surface area contributed by atoms with Gasteiger partial charge in [-0.25, -0.2) is 4.98 Å². The number of para-hydroxylation sites is 2. The minimum Gasteiger partial charge on any atom is -0.398 e. The minimum absolute atomic E-state index is 0.0231. The Balaban J connectivity index is 2.20. The standard InChI is InChI=1S/C14H12N4O2/c1-17-13-5-3-2-4-12(13)16-14(17)10-7-6-9(18(19)20)8-11(10)15/h2-8H,15H2,1H3. The fraction of sp³-hybridized carbons (Fsp3) is 0.0714. The summed E-state index contributed by atoms with van der Waals surface area (Å²) >= 11 is 0. The molecule has 0 saturated heterocycles. The van der Waals surface area contributed by atoms with Gasteiger partial charge in [-0.05, 0) is 18.2 Å². The monoisotopic (exact) mass is 268 g/mol. The summed E-state index contributed by atoms with van der Waals surface area (Å²) in [6.07, 6.45) is 0. The first kappa shape index (κ1) is 12.2. The summed E-state index contributed by atoms with van der Waals surface area (Å²) in [6, 6.07) is 12.2. The fourth-order valence-corrected chi connectivity index (χ4v) is 2.25. The Bertz CT molecular complexity index is 823. The summed E-state index contributed by atoms with van der Waals surface area (Å²) < 4.78 is 1.92. The fourth-order valence-electron chi connectivity index (χ4n) is 2.25. The molecule has 6 heteroatoms. The molecule has 6 nitrogen and oxygen atoms in total. The van der Waals surface area contributed by atoms with Crippen LogP contribution in [0.25, 0.3) is 22.4 Å². The summed E-state index contributed by atoms with van der Waals surface area (Å²) in [4.78, 5) is 14.8. The lowest BCUT2D eigenvalue weighted by molar-refractivity contribution is -0.384. The quantitative estimate of drug-likeness (QED) is 0.440. The van der Waals surface area contributed by atoms with Gasteiger partial charge in [0.1, 0.15) is 5.82 Å². The molecule has 0 bridgehead atoms. The zero-order valence-electron chi connectivity index (χ0n) is 10.8. The number of nitro benzene ring substituents is 1. The second-order valence-corrected chi connectivity index (χ2v) is 4.51. The second kappa shape index (κ2) is 4.34. The van der Waals surface area contributed by atoms with E-state index in [4.69, 9.17) is 5.73 Å². The van der Waals surface area contributed by atoms with Crippen molar-refractivity contribution in [3.8, 4) is 11.4 Å². The van der Waals surface area contributed by atoms with Crippen molar-refractivity contribution in [2.45, 2.75) is 0 Å². The van der Waals surface area contributed by atoms with Gasteiger partial charge in [-0.2, -0.15) is 0 Å². The summed E-state index contributed by atoms with van der Waals surface area (Å²) in [7, 11) is 1.89. The third kappa shape index (κ3) is 1.78. The normalized spacial score (nSPS) is 10.8. The van der Waals surface area contributed by atoms with Crippen LogP contribution in [0.4, 0.5) is 11.4 Å². The third-order valence-corrected chi connectivity index (χ3v) is 3.27. The molecule has 0 aliphatic heterocycles. The van der Waals surface area contributed by atoms with Gasteiger partial charge >= 0.3 is 0 Å². The SMILES string of the molecule is Cn1c(-c2ccc([N+](=O)[O-])cc2N)nc2ccccc21. The van der Waals surface area contributed by atoms with E-state index in [1.807, 2.05) is 35.9 Å². The maximum Gasteiger partial charge on any atom is 0.271 e. The van der Waals surface area contributed by atoms with E-state index in [0.29, 0.717) is 17.1 Å². The van der Waals surface area contributed by atoms with Gasteiger partial charge in [0.2, 0.25) is 0 Å². The van der Waals surface area contributed by atoms with E-state index in [2.05, 4.69) is 4.98 Å². The molecule has 0 aliphatic carbocycles. The van der Waals surface area contributed by atoms with Crippen LogP contribution in [-0.2, 0) is 7.05 Å². The van der Waals surface area contributed by atoms with E-state index in [1.54, 1.807) is 6.07 Å². The lowest BCUT2D eigenvalue weighted by atomic mass is 10.1. The molecule has 2 N–H and O–H groups in total. The molecule has 0 aliphatic rings. The van der Waals surface area contributed by atoms with Crippen LogP contribution < -0.4 is 5.73 Å². The van der Waals surface area contributed by atoms with Gasteiger partial charge in [0.15, 0.2) is 0 Å². The highest BCUT2D eigenvalue weighted by molar-refractivity contribution is 5.84. The van der Waals surface area contributed by atoms with Crippen LogP contribution in [0.3, 0.4) is 0 Å². The number of fused-ring (bicyclic) bond motifs is 1. The van der Waals surface area contributed by atoms with Gasteiger partial charge in [0.25, 0.3) is 5.69 Å². The molecular formula is C14H12N4O2. The van der Waals surface area contributed by atoms with E-state index >= 15 is 0 Å². The molecule has 3 aromatic rings. The maximum absolute atomic E-state index is 10.7. The average Bonchev–Trinajstić information content (AvgIpc) is 2.76. The van der Waals surface area contributed by atoms with Crippen molar-refractivity contribution in [3.05, 3.63) is 52.6 Å². The molecule has 0 unspecified atom stereocenters. The van der Waals surface area contributed by atoms with Crippen LogP contribution in [0.15, 0.2) is 42.5 Å². The molecule has 3 rings (SSSR count). The van der Waals surface area contributed by atoms with Gasteiger partial charge in [0, 0.05) is 30.4 Å². The number of nitrogen functional groups attached to an aromatic ring is 1. The topological polar surface area (TPSA) is 87.0 Å². The predicted molar refractivity (Wildman–Crippen MR) is 77.2 cm³/mol. The smallest absolute Gasteiger partial charge is 0.271 e. The zero-order chi connectivity index (χ0) is 14.3. The summed E-state index contributed by atoms with van der Waals surface area (Å²) in [5, 5.41) is 10.7. The van der Waals surface area contributed by atoms with E-state index in [-0.39, 0.29) is 5.69 Å². The molecule has 1 aromatic heterocycles. The van der Waals surface area contributed by atoms with Crippen molar-refractivity contribution in [1.29, 1.82) is 0 Å². The first-order valence-electron chi connectivity index (χ1n) is 6.03. The van der Waals surface area contributed by atoms with Crippen molar-refractivity contribution < 1.29 is 4.92 Å². The number of nitrogens with two attached hydrogens (primary N) is 1. The number of aromatic nitrogens is 2. The van der Waals surface area contributed by atoms with Crippen molar-refractivity contribution in [3.63, 3.8) is 0 Å². The van der Waals surface area contributed by atoms with E-state index in [0.717, 1.165) is 11.0 Å². The maximum atomic E-state index is 10.7. The molecular weight excluding hydrogens is 256 g/mol. The highest BCUT2D eigenvalue weighted by Gasteiger charge is 2.15. The van der Waals surface area contributed by atoms with E-state index < -0.39 is 4.92 Å². The molecule has 20 heavy (non-hydrogen) atoms. The van der Waals surface area contributed by atoms with Crippen LogP contribution in [0, 0.1) is 10.1 Å². The number of aryl methyl sites for hydroxylation is 1. The van der Waals surface area contributed by atoms with Crippen LogP contribution >= 0.6 is 0 Å². The zero-order valence-corrected chi connectivity index (χ0v) is 10.8. The summed E-state index contributed by atoms with van der Waals surface area (Å²) in [6.45, 7) is 0. The third-order valence-electron chi connectivity index (χ3n) is 3.27. The Labute approximate surface area is 114 Å². The van der Waals surface area contributed by atoms with Gasteiger partial charge in [-0.1, -0.05) is 12.1 Å². The van der Waals surface area contributed by atoms with Gasteiger partial charge < -0.3 is 10.3 Å². The molecule has 0 radical (unpaired) electrons. The molecule has 0 amide bonds. The molecule has 0 fully saturated rings. The average molecular weight is 268 g/mol. The molecule has 0 spiro atoms. The second-order valence-electron chi connectivity index (χ2n) is 4.51. The largest absolute Gasteiger partial charge is 0.398 e. The Kier molecular flexibility index (Phi) is 2.64. The van der Waals surface area contributed by atoms with E-state index in [1.165, 1.54) is 12.1 Å². The number of non-ortho nitro benzene ring substituents is 1. The Morgan fingerprint density at radius 1 is 1.25 bits per heavy atom. The van der Waals surface area contributed by atoms with Gasteiger partial charge in [-0.3, -0.25) is 10.1 Å². The summed E-state index contributed by atoms with van der Waals surface area (Å²) in [5.41, 5.74) is 8.79. The molecule has 2 aromatic carbocycles. The molecule has 1 heterocycles. The highest BCUT2D eigenvalue weighted by atomic mass is 16.6. The van der Waals surface area contributed by atoms with E-state index in [9.17, 15) is 10.1 Å². The number of hydrogen-bond acceptors (Lipinski definition) is 4. The van der Waals surface area contributed by atoms with Crippen LogP contribution in [0.2, 0.25) is 0 Å². The number of imidazole rings is 1. The van der Waals surface area contributed by atoms with Crippen LogP contribution in [0.5, 0.6) is 0 Å². The lowest BCUT2D eigenvalue weighted by Crippen LogP contribution is -1.98. The van der Waals surface area contributed by atoms with Gasteiger partial charge in [-0.15, -0.1) is 0 Å². The first-order valence-corrected chi connectivity index (χ1v) is 6.03. The first-order chi connectivity index (χ1) is 9.58. The molecule has 0 saturated carbocycles. The number of nitro groups is 1. The Morgan fingerprint density at radius 3 is 2.65 bits per heavy atom. The Hall–Kier alpha value is -2.89. The van der Waals surface area contributed by atoms with Crippen molar-refractivity contribution in [2.24, 2.45) is 7.05 Å². The summed E-state index contributed by atoms with van der Waals surface area (Å²) in [5.74, 6) is 0.693. The molecule has 0 atom stereocenters.